The molecule has 0 fully saturated rings. The van der Waals surface area contributed by atoms with Gasteiger partial charge in [0.15, 0.2) is 0 Å². The SMILES string of the molecule is CCOC(CNS(=O)(=O)O)C(C)(C)c1ccc2c(c1)CCO2. The van der Waals surface area contributed by atoms with Crippen molar-refractivity contribution in [2.75, 3.05) is 19.8 Å². The Morgan fingerprint density at radius 3 is 2.82 bits per heavy atom. The van der Waals surface area contributed by atoms with Gasteiger partial charge in [0.2, 0.25) is 0 Å². The third-order valence-electron chi connectivity index (χ3n) is 4.06. The maximum Gasteiger partial charge on any atom is 0.333 e. The summed E-state index contributed by atoms with van der Waals surface area (Å²) in [6.45, 7) is 7.00. The minimum atomic E-state index is -4.24. The quantitative estimate of drug-likeness (QED) is 0.744. The number of nitrogens with one attached hydrogen (secondary N) is 1. The van der Waals surface area contributed by atoms with E-state index in [0.717, 1.165) is 23.3 Å². The zero-order valence-corrected chi connectivity index (χ0v) is 13.9. The summed E-state index contributed by atoms with van der Waals surface area (Å²) in [5.74, 6) is 0.906. The first-order valence-electron chi connectivity index (χ1n) is 7.34. The summed E-state index contributed by atoms with van der Waals surface area (Å²) >= 11 is 0. The van der Waals surface area contributed by atoms with Crippen LogP contribution in [-0.2, 0) is 26.9 Å². The van der Waals surface area contributed by atoms with Crippen molar-refractivity contribution in [3.63, 3.8) is 0 Å². The van der Waals surface area contributed by atoms with Gasteiger partial charge in [-0.25, -0.2) is 0 Å². The highest BCUT2D eigenvalue weighted by atomic mass is 32.2. The van der Waals surface area contributed by atoms with Crippen LogP contribution in [0.3, 0.4) is 0 Å². The molecule has 1 unspecified atom stereocenters. The summed E-state index contributed by atoms with van der Waals surface area (Å²) in [7, 11) is -4.24. The molecule has 0 spiro atoms. The molecule has 1 aliphatic heterocycles. The van der Waals surface area contributed by atoms with Crippen LogP contribution in [-0.4, -0.2) is 38.8 Å². The normalized spacial score (nSPS) is 16.2. The highest BCUT2D eigenvalue weighted by Crippen LogP contribution is 2.34. The third-order valence-corrected chi connectivity index (χ3v) is 4.59. The van der Waals surface area contributed by atoms with Crippen LogP contribution in [0.2, 0.25) is 0 Å². The van der Waals surface area contributed by atoms with E-state index in [2.05, 4.69) is 10.8 Å². The topological polar surface area (TPSA) is 84.9 Å². The van der Waals surface area contributed by atoms with Gasteiger partial charge in [0.1, 0.15) is 5.75 Å². The van der Waals surface area contributed by atoms with Crippen LogP contribution in [0.25, 0.3) is 0 Å². The number of benzene rings is 1. The largest absolute Gasteiger partial charge is 0.493 e. The molecule has 0 aliphatic carbocycles. The van der Waals surface area contributed by atoms with E-state index < -0.39 is 21.8 Å². The molecule has 1 heterocycles. The lowest BCUT2D eigenvalue weighted by Gasteiger charge is -2.34. The van der Waals surface area contributed by atoms with Gasteiger partial charge in [-0.15, -0.1) is 0 Å². The molecule has 0 saturated carbocycles. The second-order valence-corrected chi connectivity index (χ2v) is 7.15. The molecule has 22 heavy (non-hydrogen) atoms. The molecule has 0 saturated heterocycles. The molecule has 2 rings (SSSR count). The zero-order chi connectivity index (χ0) is 16.4. The van der Waals surface area contributed by atoms with Gasteiger partial charge >= 0.3 is 10.3 Å². The van der Waals surface area contributed by atoms with Crippen molar-refractivity contribution in [1.29, 1.82) is 0 Å². The van der Waals surface area contributed by atoms with Crippen LogP contribution < -0.4 is 9.46 Å². The van der Waals surface area contributed by atoms with E-state index in [1.54, 1.807) is 0 Å². The maximum atomic E-state index is 10.9. The average molecular weight is 329 g/mol. The van der Waals surface area contributed by atoms with Gasteiger partial charge in [-0.3, -0.25) is 4.55 Å². The summed E-state index contributed by atoms with van der Waals surface area (Å²) in [6.07, 6.45) is 0.474. The third kappa shape index (κ3) is 3.98. The van der Waals surface area contributed by atoms with E-state index in [4.69, 9.17) is 14.0 Å². The Balaban J connectivity index is 2.23. The van der Waals surface area contributed by atoms with Crippen molar-refractivity contribution in [1.82, 2.24) is 4.72 Å². The molecule has 7 heteroatoms. The summed E-state index contributed by atoms with van der Waals surface area (Å²) in [6, 6.07) is 6.00. The minimum Gasteiger partial charge on any atom is -0.493 e. The van der Waals surface area contributed by atoms with Crippen LogP contribution in [0, 0.1) is 0 Å². The fraction of sp³-hybridized carbons (Fsp3) is 0.600. The Morgan fingerprint density at radius 1 is 1.45 bits per heavy atom. The first-order valence-corrected chi connectivity index (χ1v) is 8.78. The Bertz CT molecular complexity index is 627. The molecule has 1 aromatic rings. The molecule has 0 aromatic heterocycles. The molecule has 0 bridgehead atoms. The monoisotopic (exact) mass is 329 g/mol. The molecule has 124 valence electrons. The van der Waals surface area contributed by atoms with Crippen LogP contribution in [0.1, 0.15) is 31.9 Å². The summed E-state index contributed by atoms with van der Waals surface area (Å²) in [5.41, 5.74) is 1.78. The number of hydrogen-bond acceptors (Lipinski definition) is 4. The summed E-state index contributed by atoms with van der Waals surface area (Å²) in [5, 5.41) is 0. The Kier molecular flexibility index (Phi) is 5.11. The van der Waals surface area contributed by atoms with Crippen molar-refractivity contribution in [2.45, 2.75) is 38.7 Å². The standard InChI is InChI=1S/C15H23NO5S/c1-4-20-14(10-16-22(17,18)19)15(2,3)12-5-6-13-11(9-12)7-8-21-13/h5-6,9,14,16H,4,7-8,10H2,1-3H3,(H,17,18,19). The number of ether oxygens (including phenoxy) is 2. The lowest BCUT2D eigenvalue weighted by atomic mass is 9.78. The van der Waals surface area contributed by atoms with E-state index >= 15 is 0 Å². The Hall–Kier alpha value is -1.15. The van der Waals surface area contributed by atoms with Crippen LogP contribution >= 0.6 is 0 Å². The maximum absolute atomic E-state index is 10.9. The fourth-order valence-electron chi connectivity index (χ4n) is 2.68. The second kappa shape index (κ2) is 6.54. The molecule has 1 atom stereocenters. The molecule has 1 aliphatic rings. The van der Waals surface area contributed by atoms with Gasteiger partial charge in [0.05, 0.1) is 12.7 Å². The van der Waals surface area contributed by atoms with Gasteiger partial charge in [-0.1, -0.05) is 26.0 Å². The first-order chi connectivity index (χ1) is 10.2. The van der Waals surface area contributed by atoms with E-state index in [1.807, 2.05) is 32.9 Å². The van der Waals surface area contributed by atoms with Gasteiger partial charge in [0, 0.05) is 25.0 Å². The zero-order valence-electron chi connectivity index (χ0n) is 13.1. The molecular formula is C15H23NO5S. The van der Waals surface area contributed by atoms with Crippen LogP contribution in [0.4, 0.5) is 0 Å². The molecule has 0 radical (unpaired) electrons. The van der Waals surface area contributed by atoms with Gasteiger partial charge in [-0.2, -0.15) is 13.1 Å². The number of fused-ring (bicyclic) bond motifs is 1. The molecule has 2 N–H and O–H groups in total. The highest BCUT2D eigenvalue weighted by molar-refractivity contribution is 7.83. The van der Waals surface area contributed by atoms with E-state index in [-0.39, 0.29) is 6.54 Å². The van der Waals surface area contributed by atoms with E-state index in [1.165, 1.54) is 0 Å². The van der Waals surface area contributed by atoms with Gasteiger partial charge in [0.25, 0.3) is 0 Å². The van der Waals surface area contributed by atoms with Gasteiger partial charge < -0.3 is 9.47 Å². The lowest BCUT2D eigenvalue weighted by Crippen LogP contribution is -2.44. The predicted molar refractivity (Wildman–Crippen MR) is 83.6 cm³/mol. The average Bonchev–Trinajstić information content (AvgIpc) is 2.89. The summed E-state index contributed by atoms with van der Waals surface area (Å²) < 4.78 is 44.1. The number of rotatable bonds is 7. The minimum absolute atomic E-state index is 0.00720. The Morgan fingerprint density at radius 2 is 2.18 bits per heavy atom. The van der Waals surface area contributed by atoms with Crippen LogP contribution in [0.5, 0.6) is 5.75 Å². The van der Waals surface area contributed by atoms with Gasteiger partial charge in [-0.05, 0) is 24.1 Å². The Labute approximate surface area is 131 Å². The van der Waals surface area contributed by atoms with Crippen molar-refractivity contribution in [2.24, 2.45) is 0 Å². The first kappa shape index (κ1) is 17.2. The molecule has 6 nitrogen and oxygen atoms in total. The number of hydrogen-bond donors (Lipinski definition) is 2. The van der Waals surface area contributed by atoms with Crippen molar-refractivity contribution >= 4 is 10.3 Å². The molecular weight excluding hydrogens is 306 g/mol. The molecule has 1 aromatic carbocycles. The lowest BCUT2D eigenvalue weighted by molar-refractivity contribution is 0.0179. The molecule has 0 amide bonds. The van der Waals surface area contributed by atoms with E-state index in [0.29, 0.717) is 13.2 Å². The second-order valence-electron chi connectivity index (χ2n) is 5.91. The highest BCUT2D eigenvalue weighted by Gasteiger charge is 2.33. The summed E-state index contributed by atoms with van der Waals surface area (Å²) in [4.78, 5) is 0. The van der Waals surface area contributed by atoms with Crippen molar-refractivity contribution in [3.8, 4) is 5.75 Å². The predicted octanol–water partition coefficient (Wildman–Crippen LogP) is 1.70. The van der Waals surface area contributed by atoms with Crippen LogP contribution in [0.15, 0.2) is 18.2 Å². The van der Waals surface area contributed by atoms with Crippen molar-refractivity contribution < 1.29 is 22.4 Å². The fourth-order valence-corrected chi connectivity index (χ4v) is 3.04. The van der Waals surface area contributed by atoms with Crippen molar-refractivity contribution in [3.05, 3.63) is 29.3 Å². The smallest absolute Gasteiger partial charge is 0.333 e. The van der Waals surface area contributed by atoms with E-state index in [9.17, 15) is 8.42 Å².